The number of nitrogens with one attached hydrogen (secondary N) is 2. The molecule has 2 aromatic carbocycles. The predicted octanol–water partition coefficient (Wildman–Crippen LogP) is 5.69. The van der Waals surface area contributed by atoms with Crippen molar-refractivity contribution in [3.05, 3.63) is 70.8 Å². The fourth-order valence-corrected chi connectivity index (χ4v) is 4.72. The van der Waals surface area contributed by atoms with E-state index in [1.807, 2.05) is 5.38 Å². The van der Waals surface area contributed by atoms with Crippen molar-refractivity contribution in [3.63, 3.8) is 0 Å². The lowest BCUT2D eigenvalue weighted by atomic mass is 10.0. The van der Waals surface area contributed by atoms with Gasteiger partial charge in [0.15, 0.2) is 10.9 Å². The molecule has 2 aromatic heterocycles. The summed E-state index contributed by atoms with van der Waals surface area (Å²) >= 11 is 1.49. The lowest BCUT2D eigenvalue weighted by Gasteiger charge is -2.07. The molecule has 2 heterocycles. The van der Waals surface area contributed by atoms with Crippen LogP contribution in [0, 0.1) is 20.8 Å². The predicted molar refractivity (Wildman–Crippen MR) is 126 cm³/mol. The van der Waals surface area contributed by atoms with Gasteiger partial charge in [-0.3, -0.25) is 4.72 Å². The summed E-state index contributed by atoms with van der Waals surface area (Å²) in [5, 5.41) is 9.61. The van der Waals surface area contributed by atoms with Gasteiger partial charge in [-0.25, -0.2) is 13.4 Å². The van der Waals surface area contributed by atoms with Gasteiger partial charge in [-0.05, 0) is 50.6 Å². The van der Waals surface area contributed by atoms with Crippen LogP contribution in [0.5, 0.6) is 0 Å². The topological polar surface area (TPSA) is 97.1 Å². The summed E-state index contributed by atoms with van der Waals surface area (Å²) in [6.07, 6.45) is 0. The van der Waals surface area contributed by atoms with Crippen molar-refractivity contribution in [2.75, 3.05) is 10.0 Å². The number of hydrogen-bond donors (Lipinski definition) is 2. The van der Waals surface area contributed by atoms with E-state index >= 15 is 0 Å². The van der Waals surface area contributed by atoms with Crippen LogP contribution in [0.2, 0.25) is 0 Å². The molecule has 0 unspecified atom stereocenters. The Kier molecular flexibility index (Phi) is 6.68. The van der Waals surface area contributed by atoms with E-state index in [2.05, 4.69) is 52.2 Å². The highest BCUT2D eigenvalue weighted by Gasteiger charge is 2.16. The minimum atomic E-state index is -3.74. The standard InChI is InChI=1S/C21H20N4O3S2.ClH/c1-13-4-9-18(14(2)10-13)19-12-29-21(23-19)22-16-5-7-17(8-6-16)30(26,27)25-20-11-15(3)28-24-20;/h4-12H,1-3H3,(H,22,23)(H,24,25);1H. The van der Waals surface area contributed by atoms with Crippen LogP contribution in [-0.4, -0.2) is 18.6 Å². The summed E-state index contributed by atoms with van der Waals surface area (Å²) in [5.41, 5.74) is 5.14. The average molecular weight is 477 g/mol. The van der Waals surface area contributed by atoms with Crippen LogP contribution < -0.4 is 10.0 Å². The summed E-state index contributed by atoms with van der Waals surface area (Å²) in [6.45, 7) is 5.83. The molecule has 0 aliphatic heterocycles. The molecule has 0 saturated heterocycles. The van der Waals surface area contributed by atoms with E-state index in [-0.39, 0.29) is 23.1 Å². The zero-order valence-corrected chi connectivity index (χ0v) is 19.5. The second kappa shape index (κ2) is 9.09. The Morgan fingerprint density at radius 3 is 2.39 bits per heavy atom. The number of sulfonamides is 1. The van der Waals surface area contributed by atoms with E-state index in [1.54, 1.807) is 19.1 Å². The van der Waals surface area contributed by atoms with Gasteiger partial charge >= 0.3 is 0 Å². The van der Waals surface area contributed by atoms with Crippen molar-refractivity contribution in [2.45, 2.75) is 25.7 Å². The van der Waals surface area contributed by atoms with Gasteiger partial charge in [0, 0.05) is 22.7 Å². The first-order valence-corrected chi connectivity index (χ1v) is 11.5. The second-order valence-electron chi connectivity index (χ2n) is 6.93. The number of rotatable bonds is 6. The lowest BCUT2D eigenvalue weighted by Crippen LogP contribution is -2.13. The molecule has 0 bridgehead atoms. The van der Waals surface area contributed by atoms with Crippen molar-refractivity contribution in [1.29, 1.82) is 0 Å². The van der Waals surface area contributed by atoms with Crippen molar-refractivity contribution >= 4 is 50.4 Å². The number of anilines is 3. The van der Waals surface area contributed by atoms with E-state index in [1.165, 1.54) is 40.7 Å². The summed E-state index contributed by atoms with van der Waals surface area (Å²) in [5.74, 6) is 0.673. The molecule has 4 rings (SSSR count). The smallest absolute Gasteiger partial charge is 0.263 e. The van der Waals surface area contributed by atoms with Gasteiger partial charge in [-0.15, -0.1) is 23.7 Å². The van der Waals surface area contributed by atoms with E-state index < -0.39 is 10.0 Å². The Balaban J connectivity index is 0.00000272. The minimum Gasteiger partial charge on any atom is -0.360 e. The van der Waals surface area contributed by atoms with Crippen LogP contribution in [0.1, 0.15) is 16.9 Å². The number of hydrogen-bond acceptors (Lipinski definition) is 7. The Morgan fingerprint density at radius 2 is 1.74 bits per heavy atom. The van der Waals surface area contributed by atoms with Gasteiger partial charge in [0.25, 0.3) is 10.0 Å². The van der Waals surface area contributed by atoms with Crippen LogP contribution in [-0.2, 0) is 10.0 Å². The van der Waals surface area contributed by atoms with Gasteiger partial charge in [0.1, 0.15) is 5.76 Å². The third-order valence-electron chi connectivity index (χ3n) is 4.44. The summed E-state index contributed by atoms with van der Waals surface area (Å²) in [4.78, 5) is 4.78. The summed E-state index contributed by atoms with van der Waals surface area (Å²) in [6, 6.07) is 14.2. The Hall–Kier alpha value is -2.88. The normalized spacial score (nSPS) is 11.1. The summed E-state index contributed by atoms with van der Waals surface area (Å²) in [7, 11) is -3.74. The van der Waals surface area contributed by atoms with Gasteiger partial charge in [0.05, 0.1) is 10.6 Å². The monoisotopic (exact) mass is 476 g/mol. The van der Waals surface area contributed by atoms with Crippen LogP contribution in [0.15, 0.2) is 63.3 Å². The third-order valence-corrected chi connectivity index (χ3v) is 6.57. The molecule has 10 heteroatoms. The second-order valence-corrected chi connectivity index (χ2v) is 9.47. The highest BCUT2D eigenvalue weighted by atomic mass is 35.5. The Bertz CT molecular complexity index is 1300. The van der Waals surface area contributed by atoms with Crippen LogP contribution in [0.25, 0.3) is 11.3 Å². The molecule has 2 N–H and O–H groups in total. The van der Waals surface area contributed by atoms with E-state index in [0.29, 0.717) is 5.76 Å². The maximum absolute atomic E-state index is 12.5. The maximum Gasteiger partial charge on any atom is 0.263 e. The molecule has 0 aliphatic carbocycles. The molecular weight excluding hydrogens is 456 g/mol. The molecule has 0 amide bonds. The molecule has 0 fully saturated rings. The molecular formula is C21H21ClN4O3S2. The SMILES string of the molecule is Cc1ccc(-c2csc(Nc3ccc(S(=O)(=O)Nc4cc(C)on4)cc3)n2)c(C)c1.Cl. The molecule has 4 aromatic rings. The Morgan fingerprint density at radius 1 is 1.00 bits per heavy atom. The molecule has 0 aliphatic rings. The first-order valence-electron chi connectivity index (χ1n) is 9.16. The fourth-order valence-electron chi connectivity index (χ4n) is 3.01. The lowest BCUT2D eigenvalue weighted by molar-refractivity contribution is 0.400. The van der Waals surface area contributed by atoms with Crippen LogP contribution >= 0.6 is 23.7 Å². The first kappa shape index (κ1) is 22.8. The minimum absolute atomic E-state index is 0. The number of aryl methyl sites for hydroxylation is 3. The highest BCUT2D eigenvalue weighted by molar-refractivity contribution is 7.92. The maximum atomic E-state index is 12.5. The zero-order valence-electron chi connectivity index (χ0n) is 17.0. The number of halogens is 1. The van der Waals surface area contributed by atoms with Crippen molar-refractivity contribution in [1.82, 2.24) is 10.1 Å². The molecule has 0 radical (unpaired) electrons. The number of aromatic nitrogens is 2. The van der Waals surface area contributed by atoms with Crippen molar-refractivity contribution in [3.8, 4) is 11.3 Å². The third kappa shape index (κ3) is 5.25. The largest absolute Gasteiger partial charge is 0.360 e. The molecule has 0 saturated carbocycles. The van der Waals surface area contributed by atoms with E-state index in [0.717, 1.165) is 22.1 Å². The van der Waals surface area contributed by atoms with Gasteiger partial charge < -0.3 is 9.84 Å². The average Bonchev–Trinajstić information content (AvgIpc) is 3.31. The Labute approximate surface area is 191 Å². The van der Waals surface area contributed by atoms with Gasteiger partial charge in [0.2, 0.25) is 0 Å². The highest BCUT2D eigenvalue weighted by Crippen LogP contribution is 2.30. The van der Waals surface area contributed by atoms with Crippen LogP contribution in [0.3, 0.4) is 0 Å². The van der Waals surface area contributed by atoms with E-state index in [4.69, 9.17) is 4.52 Å². The molecule has 7 nitrogen and oxygen atoms in total. The fraction of sp³-hybridized carbons (Fsp3) is 0.143. The van der Waals surface area contributed by atoms with Gasteiger partial charge in [-0.2, -0.15) is 0 Å². The molecule has 31 heavy (non-hydrogen) atoms. The van der Waals surface area contributed by atoms with Crippen LogP contribution in [0.4, 0.5) is 16.6 Å². The number of benzene rings is 2. The zero-order chi connectivity index (χ0) is 21.3. The van der Waals surface area contributed by atoms with E-state index in [9.17, 15) is 8.42 Å². The number of nitrogens with zero attached hydrogens (tertiary/aromatic N) is 2. The van der Waals surface area contributed by atoms with Gasteiger partial charge in [-0.1, -0.05) is 28.9 Å². The van der Waals surface area contributed by atoms with Crippen molar-refractivity contribution in [2.24, 2.45) is 0 Å². The molecule has 0 spiro atoms. The molecule has 162 valence electrons. The quantitative estimate of drug-likeness (QED) is 0.371. The van der Waals surface area contributed by atoms with Crippen molar-refractivity contribution < 1.29 is 12.9 Å². The molecule has 0 atom stereocenters. The summed E-state index contributed by atoms with van der Waals surface area (Å²) < 4.78 is 32.2. The first-order chi connectivity index (χ1) is 14.3. The number of thiazole rings is 1.